The fourth-order valence-electron chi connectivity index (χ4n) is 7.50. The highest BCUT2D eigenvalue weighted by Gasteiger charge is 2.46. The molecule has 0 aromatic carbocycles. The molecular formula is C52H87N3O16P2. The van der Waals surface area contributed by atoms with Crippen LogP contribution < -0.4 is 11.4 Å². The zero-order valence-electron chi connectivity index (χ0n) is 43.3. The molecule has 0 bridgehead atoms. The van der Waals surface area contributed by atoms with Crippen molar-refractivity contribution in [1.29, 1.82) is 0 Å². The van der Waals surface area contributed by atoms with Gasteiger partial charge in [0.25, 0.3) is 0 Å². The number of esters is 2. The summed E-state index contributed by atoms with van der Waals surface area (Å²) in [5.41, 5.74) is 4.58. The highest BCUT2D eigenvalue weighted by molar-refractivity contribution is 7.61. The number of hydrogen-bond donors (Lipinski definition) is 6. The third-order valence-corrected chi connectivity index (χ3v) is 14.2. The van der Waals surface area contributed by atoms with Gasteiger partial charge in [0, 0.05) is 19.0 Å². The number of nitrogens with two attached hydrogens (primary N) is 1. The first-order chi connectivity index (χ1) is 35.0. The monoisotopic (exact) mass is 1070 g/mol. The summed E-state index contributed by atoms with van der Waals surface area (Å²) in [5.74, 6) is -1.39. The number of aliphatic hydroxyl groups excluding tert-OH is 3. The molecule has 0 aliphatic carbocycles. The molecule has 1 saturated heterocycles. The maximum absolute atomic E-state index is 12.9. The number of carbonyl (C=O) groups is 2. The van der Waals surface area contributed by atoms with Crippen LogP contribution in [0.4, 0.5) is 5.82 Å². The van der Waals surface area contributed by atoms with Crippen molar-refractivity contribution in [2.24, 2.45) is 0 Å². The molecule has 2 unspecified atom stereocenters. The Kier molecular flexibility index (Phi) is 35.7. The van der Waals surface area contributed by atoms with Crippen LogP contribution in [0, 0.1) is 0 Å². The van der Waals surface area contributed by atoms with Crippen LogP contribution in [0.1, 0.15) is 181 Å². The summed E-state index contributed by atoms with van der Waals surface area (Å²) in [6.07, 6.45) is 37.2. The molecule has 416 valence electrons. The minimum Gasteiger partial charge on any atom is -0.462 e. The molecule has 0 saturated carbocycles. The Bertz CT molecular complexity index is 1970. The lowest BCUT2D eigenvalue weighted by Crippen LogP contribution is -2.36. The Morgan fingerprint density at radius 2 is 1.22 bits per heavy atom. The first kappa shape index (κ1) is 65.5. The van der Waals surface area contributed by atoms with Crippen molar-refractivity contribution >= 4 is 33.4 Å². The number of nitrogens with zero attached hydrogens (tertiary/aromatic N) is 2. The van der Waals surface area contributed by atoms with Crippen LogP contribution in [-0.2, 0) is 46.3 Å². The smallest absolute Gasteiger partial charge is 0.462 e. The summed E-state index contributed by atoms with van der Waals surface area (Å²) in [4.78, 5) is 61.9. The quantitative estimate of drug-likeness (QED) is 0.0153. The standard InChI is InChI=1S/C52H87N3O16P2/c1-3-4-5-6-7-8-9-10-11-12-15-18-21-24-27-30-33-36-47(57)66-40-44(69-48(58)37-34-31-28-25-22-19-16-13-14-17-20-23-26-29-32-35-43(2)56)41-67-72(62,63)71-73(64,65)68-42-45-49(59)50(60)51(70-45)55-39-38-46(53)54-52(55)61/h10-11,14,16-17,19,23,25-26,28,38-39,43-45,49-51,56,59-60H,3-9,12-13,15,18,20-22,24,27,29-37,40-42H2,1-2H3,(H,62,63)(H,64,65)(H2,53,54,61)/b11-10-,17-14-,19-16-,26-23-,28-25-/t43-,44+,45+,49+,50+,51+/m0/s1. The number of aromatic nitrogens is 2. The van der Waals surface area contributed by atoms with Gasteiger partial charge in [0.2, 0.25) is 0 Å². The Morgan fingerprint density at radius 1 is 0.712 bits per heavy atom. The summed E-state index contributed by atoms with van der Waals surface area (Å²) >= 11 is 0. The molecule has 2 rings (SSSR count). The van der Waals surface area contributed by atoms with Crippen LogP contribution in [0.15, 0.2) is 77.8 Å². The van der Waals surface area contributed by atoms with Crippen LogP contribution in [-0.4, -0.2) is 96.9 Å². The number of anilines is 1. The molecule has 21 heteroatoms. The fraction of sp³-hybridized carbons (Fsp3) is 0.692. The molecule has 19 nitrogen and oxygen atoms in total. The van der Waals surface area contributed by atoms with Crippen LogP contribution in [0.3, 0.4) is 0 Å². The van der Waals surface area contributed by atoms with E-state index in [2.05, 4.69) is 58.8 Å². The maximum atomic E-state index is 12.9. The number of rotatable bonds is 43. The zero-order chi connectivity index (χ0) is 53.6. The Labute approximate surface area is 433 Å². The van der Waals surface area contributed by atoms with Gasteiger partial charge in [-0.3, -0.25) is 23.2 Å². The summed E-state index contributed by atoms with van der Waals surface area (Å²) < 4.78 is 56.7. The molecule has 2 heterocycles. The predicted octanol–water partition coefficient (Wildman–Crippen LogP) is 10.1. The number of phosphoric acid groups is 2. The normalized spacial score (nSPS) is 19.9. The summed E-state index contributed by atoms with van der Waals surface area (Å²) in [6.45, 7) is 1.65. The minimum atomic E-state index is -5.45. The molecule has 0 radical (unpaired) electrons. The fourth-order valence-corrected chi connectivity index (χ4v) is 9.61. The third-order valence-electron chi connectivity index (χ3n) is 11.6. The molecule has 0 spiro atoms. The van der Waals surface area contributed by atoms with E-state index in [1.54, 1.807) is 6.92 Å². The largest absolute Gasteiger partial charge is 0.481 e. The number of phosphoric ester groups is 2. The lowest BCUT2D eigenvalue weighted by Gasteiger charge is -2.21. The number of ether oxygens (including phenoxy) is 3. The van der Waals surface area contributed by atoms with Crippen molar-refractivity contribution in [2.45, 2.75) is 211 Å². The van der Waals surface area contributed by atoms with Crippen molar-refractivity contribution in [3.05, 3.63) is 83.5 Å². The maximum Gasteiger partial charge on any atom is 0.481 e. The van der Waals surface area contributed by atoms with Gasteiger partial charge in [-0.1, -0.05) is 132 Å². The van der Waals surface area contributed by atoms with Crippen LogP contribution >= 0.6 is 15.6 Å². The second-order valence-corrected chi connectivity index (χ2v) is 21.3. The van der Waals surface area contributed by atoms with Gasteiger partial charge in [-0.15, -0.1) is 0 Å². The summed E-state index contributed by atoms with van der Waals surface area (Å²) in [6, 6.07) is 1.24. The number of aliphatic hydroxyl groups is 3. The first-order valence-corrected chi connectivity index (χ1v) is 29.3. The highest BCUT2D eigenvalue weighted by atomic mass is 31.3. The van der Waals surface area contributed by atoms with Crippen LogP contribution in [0.5, 0.6) is 0 Å². The van der Waals surface area contributed by atoms with E-state index in [1.165, 1.54) is 44.6 Å². The van der Waals surface area contributed by atoms with E-state index < -0.39 is 83.7 Å². The van der Waals surface area contributed by atoms with Gasteiger partial charge in [0.1, 0.15) is 30.7 Å². The zero-order valence-corrected chi connectivity index (χ0v) is 45.1. The molecule has 73 heavy (non-hydrogen) atoms. The number of nitrogen functional groups attached to an aromatic ring is 1. The van der Waals surface area contributed by atoms with Gasteiger partial charge < -0.3 is 45.1 Å². The van der Waals surface area contributed by atoms with Crippen molar-refractivity contribution in [3.63, 3.8) is 0 Å². The van der Waals surface area contributed by atoms with Crippen molar-refractivity contribution in [1.82, 2.24) is 9.55 Å². The molecule has 1 aromatic heterocycles. The van der Waals surface area contributed by atoms with Crippen LogP contribution in [0.2, 0.25) is 0 Å². The van der Waals surface area contributed by atoms with Gasteiger partial charge in [-0.2, -0.15) is 9.29 Å². The molecule has 1 aliphatic heterocycles. The number of unbranched alkanes of at least 4 members (excludes halogenated alkanes) is 15. The Morgan fingerprint density at radius 3 is 1.81 bits per heavy atom. The van der Waals surface area contributed by atoms with Crippen LogP contribution in [0.25, 0.3) is 0 Å². The van der Waals surface area contributed by atoms with Gasteiger partial charge in [-0.25, -0.2) is 13.9 Å². The average molecular weight is 1070 g/mol. The highest BCUT2D eigenvalue weighted by Crippen LogP contribution is 2.60. The third kappa shape index (κ3) is 33.2. The van der Waals surface area contributed by atoms with E-state index in [-0.39, 0.29) is 24.8 Å². The molecule has 1 aliphatic rings. The first-order valence-electron chi connectivity index (χ1n) is 26.3. The number of carbonyl (C=O) groups excluding carboxylic acids is 2. The second kappa shape index (κ2) is 39.8. The van der Waals surface area contributed by atoms with E-state index in [0.717, 1.165) is 94.2 Å². The molecular weight excluding hydrogens is 985 g/mol. The second-order valence-electron chi connectivity index (χ2n) is 18.3. The molecule has 0 amide bonds. The summed E-state index contributed by atoms with van der Waals surface area (Å²) in [7, 11) is -10.9. The lowest BCUT2D eigenvalue weighted by molar-refractivity contribution is -0.161. The molecule has 8 atom stereocenters. The van der Waals surface area contributed by atoms with Crippen molar-refractivity contribution in [3.8, 4) is 0 Å². The Hall–Kier alpha value is -3.58. The van der Waals surface area contributed by atoms with E-state index in [0.29, 0.717) is 25.7 Å². The number of hydrogen-bond acceptors (Lipinski definition) is 16. The SMILES string of the molecule is CCCCCCCC/C=C\CCCCCCCCCC(=O)OC[C@H](COP(=O)(O)OP(=O)(O)OC[C@H]1O[C@@H](n2ccc(N)nc2=O)[C@H](O)[C@@H]1O)OC(=O)CCC/C=C\C/C=C\C/C=C\C/C=C\CCC[C@H](C)O. The molecule has 1 fully saturated rings. The molecule has 1 aromatic rings. The van der Waals surface area contributed by atoms with Gasteiger partial charge in [-0.05, 0) is 96.5 Å². The lowest BCUT2D eigenvalue weighted by atomic mass is 10.1. The van der Waals surface area contributed by atoms with E-state index in [1.807, 2.05) is 18.2 Å². The predicted molar refractivity (Wildman–Crippen MR) is 281 cm³/mol. The minimum absolute atomic E-state index is 0.0402. The van der Waals surface area contributed by atoms with Gasteiger partial charge in [0.05, 0.1) is 19.3 Å². The van der Waals surface area contributed by atoms with Gasteiger partial charge >= 0.3 is 33.3 Å². The average Bonchev–Trinajstić information content (AvgIpc) is 3.62. The van der Waals surface area contributed by atoms with Crippen molar-refractivity contribution in [2.75, 3.05) is 25.6 Å². The summed E-state index contributed by atoms with van der Waals surface area (Å²) in [5, 5.41) is 30.2. The van der Waals surface area contributed by atoms with E-state index in [9.17, 15) is 48.6 Å². The topological polar surface area (TPSA) is 286 Å². The number of allylic oxidation sites excluding steroid dienone is 10. The molecule has 7 N–H and O–H groups in total. The van der Waals surface area contributed by atoms with Crippen molar-refractivity contribution < 1.29 is 71.4 Å². The van der Waals surface area contributed by atoms with Gasteiger partial charge in [0.15, 0.2) is 12.3 Å². The van der Waals surface area contributed by atoms with E-state index in [4.69, 9.17) is 29.0 Å². The van der Waals surface area contributed by atoms with E-state index >= 15 is 0 Å². The Balaban J connectivity index is 1.82.